The number of carbonyl (C=O) groups excluding carboxylic acids is 1. The fraction of sp³-hybridized carbons (Fsp3) is 0.200. The van der Waals surface area contributed by atoms with Gasteiger partial charge in [-0.1, -0.05) is 18.2 Å². The van der Waals surface area contributed by atoms with E-state index in [4.69, 9.17) is 0 Å². The molecule has 126 valence electrons. The van der Waals surface area contributed by atoms with Crippen LogP contribution in [0.2, 0.25) is 0 Å². The van der Waals surface area contributed by atoms with Gasteiger partial charge in [0.05, 0.1) is 11.1 Å². The Morgan fingerprint density at radius 3 is 2.40 bits per heavy atom. The first-order valence-electron chi connectivity index (χ1n) is 8.36. The van der Waals surface area contributed by atoms with Gasteiger partial charge in [-0.2, -0.15) is 0 Å². The fourth-order valence-electron chi connectivity index (χ4n) is 3.27. The Hall–Kier alpha value is -2.95. The number of fused-ring (bicyclic) bond motifs is 1. The highest BCUT2D eigenvalue weighted by molar-refractivity contribution is 6.05. The second kappa shape index (κ2) is 6.51. The standard InChI is InChI=1S/C20H18FN3O/c21-16-6-8-17(9-7-16)23-11-13-24(14-12-23)20(25)18-5-1-3-15-4-2-10-22-19(15)18/h1-10H,11-14H2. The number of benzene rings is 2. The molecule has 4 nitrogen and oxygen atoms in total. The molecule has 1 amide bonds. The summed E-state index contributed by atoms with van der Waals surface area (Å²) in [6, 6.07) is 16.0. The first-order valence-corrected chi connectivity index (χ1v) is 8.36. The van der Waals surface area contributed by atoms with Gasteiger partial charge in [0.1, 0.15) is 5.82 Å². The molecule has 1 fully saturated rings. The van der Waals surface area contributed by atoms with E-state index < -0.39 is 0 Å². The minimum absolute atomic E-state index is 0.0167. The van der Waals surface area contributed by atoms with Crippen LogP contribution in [0.1, 0.15) is 10.4 Å². The summed E-state index contributed by atoms with van der Waals surface area (Å²) >= 11 is 0. The molecule has 2 heterocycles. The molecule has 3 aromatic rings. The van der Waals surface area contributed by atoms with Crippen LogP contribution in [0.4, 0.5) is 10.1 Å². The quantitative estimate of drug-likeness (QED) is 0.721. The van der Waals surface area contributed by atoms with Gasteiger partial charge in [-0.25, -0.2) is 4.39 Å². The van der Waals surface area contributed by atoms with Crippen molar-refractivity contribution in [2.45, 2.75) is 0 Å². The summed E-state index contributed by atoms with van der Waals surface area (Å²) in [6.45, 7) is 2.74. The van der Waals surface area contributed by atoms with E-state index >= 15 is 0 Å². The van der Waals surface area contributed by atoms with E-state index in [2.05, 4.69) is 9.88 Å². The summed E-state index contributed by atoms with van der Waals surface area (Å²) in [5.74, 6) is -0.218. The number of hydrogen-bond acceptors (Lipinski definition) is 3. The van der Waals surface area contributed by atoms with Crippen molar-refractivity contribution in [2.75, 3.05) is 31.1 Å². The van der Waals surface area contributed by atoms with Gasteiger partial charge in [0.2, 0.25) is 0 Å². The maximum Gasteiger partial charge on any atom is 0.256 e. The smallest absolute Gasteiger partial charge is 0.256 e. The summed E-state index contributed by atoms with van der Waals surface area (Å²) in [6.07, 6.45) is 1.71. The van der Waals surface area contributed by atoms with Crippen molar-refractivity contribution in [2.24, 2.45) is 0 Å². The number of piperazine rings is 1. The first-order chi connectivity index (χ1) is 12.2. The molecule has 0 N–H and O–H groups in total. The third kappa shape index (κ3) is 3.05. The van der Waals surface area contributed by atoms with Crippen molar-refractivity contribution in [1.82, 2.24) is 9.88 Å². The van der Waals surface area contributed by atoms with Gasteiger partial charge >= 0.3 is 0 Å². The zero-order valence-electron chi connectivity index (χ0n) is 13.7. The van der Waals surface area contributed by atoms with Crippen molar-refractivity contribution in [3.05, 3.63) is 72.2 Å². The lowest BCUT2D eigenvalue weighted by molar-refractivity contribution is 0.0748. The Bertz CT molecular complexity index is 897. The van der Waals surface area contributed by atoms with Gasteiger partial charge in [0.15, 0.2) is 0 Å². The van der Waals surface area contributed by atoms with E-state index in [1.165, 1.54) is 12.1 Å². The lowest BCUT2D eigenvalue weighted by Gasteiger charge is -2.36. The second-order valence-corrected chi connectivity index (χ2v) is 6.14. The Morgan fingerprint density at radius 1 is 0.920 bits per heavy atom. The number of carbonyl (C=O) groups is 1. The van der Waals surface area contributed by atoms with Crippen molar-refractivity contribution in [3.8, 4) is 0 Å². The summed E-state index contributed by atoms with van der Waals surface area (Å²) in [7, 11) is 0. The van der Waals surface area contributed by atoms with E-state index in [0.29, 0.717) is 18.7 Å². The summed E-state index contributed by atoms with van der Waals surface area (Å²) in [5, 5.41) is 0.971. The predicted octanol–water partition coefficient (Wildman–Crippen LogP) is 3.34. The molecule has 1 aliphatic heterocycles. The van der Waals surface area contributed by atoms with Crippen molar-refractivity contribution in [3.63, 3.8) is 0 Å². The molecular weight excluding hydrogens is 317 g/mol. The van der Waals surface area contributed by atoms with Gasteiger partial charge in [0.25, 0.3) is 5.91 Å². The van der Waals surface area contributed by atoms with Gasteiger partial charge in [-0.05, 0) is 36.4 Å². The summed E-state index contributed by atoms with van der Waals surface area (Å²) < 4.78 is 13.1. The molecular formula is C20H18FN3O. The molecule has 1 aliphatic rings. The number of para-hydroxylation sites is 1. The molecule has 0 saturated carbocycles. The molecule has 0 bridgehead atoms. The van der Waals surface area contributed by atoms with E-state index in [0.717, 1.165) is 29.7 Å². The second-order valence-electron chi connectivity index (χ2n) is 6.14. The van der Waals surface area contributed by atoms with Gasteiger partial charge in [-0.15, -0.1) is 0 Å². The van der Waals surface area contributed by atoms with Gasteiger partial charge in [0, 0.05) is 43.4 Å². The van der Waals surface area contributed by atoms with Gasteiger partial charge in [-0.3, -0.25) is 9.78 Å². The summed E-state index contributed by atoms with van der Waals surface area (Å²) in [4.78, 5) is 21.3. The van der Waals surface area contributed by atoms with Crippen molar-refractivity contribution >= 4 is 22.5 Å². The predicted molar refractivity (Wildman–Crippen MR) is 96.3 cm³/mol. The molecule has 1 saturated heterocycles. The monoisotopic (exact) mass is 335 g/mol. The molecule has 5 heteroatoms. The zero-order valence-corrected chi connectivity index (χ0v) is 13.7. The van der Waals surface area contributed by atoms with E-state index in [9.17, 15) is 9.18 Å². The van der Waals surface area contributed by atoms with Crippen LogP contribution in [0, 0.1) is 5.82 Å². The van der Waals surface area contributed by atoms with Crippen LogP contribution < -0.4 is 4.90 Å². The molecule has 0 spiro atoms. The van der Waals surface area contributed by atoms with Crippen molar-refractivity contribution in [1.29, 1.82) is 0 Å². The molecule has 1 aromatic heterocycles. The molecule has 0 aliphatic carbocycles. The Balaban J connectivity index is 1.50. The van der Waals surface area contributed by atoms with Crippen LogP contribution in [0.3, 0.4) is 0 Å². The SMILES string of the molecule is O=C(c1cccc2cccnc12)N1CCN(c2ccc(F)cc2)CC1. The van der Waals surface area contributed by atoms with E-state index in [1.807, 2.05) is 35.2 Å². The van der Waals surface area contributed by atoms with Crippen LogP contribution >= 0.6 is 0 Å². The number of anilines is 1. The van der Waals surface area contributed by atoms with Crippen LogP contribution in [0.25, 0.3) is 10.9 Å². The maximum atomic E-state index is 13.1. The van der Waals surface area contributed by atoms with E-state index in [-0.39, 0.29) is 11.7 Å². The van der Waals surface area contributed by atoms with Crippen LogP contribution in [-0.4, -0.2) is 42.0 Å². The number of halogens is 1. The number of rotatable bonds is 2. The Labute approximate surface area is 145 Å². The molecule has 4 rings (SSSR count). The first kappa shape index (κ1) is 15.6. The average Bonchev–Trinajstić information content (AvgIpc) is 2.68. The average molecular weight is 335 g/mol. The third-order valence-electron chi connectivity index (χ3n) is 4.62. The van der Waals surface area contributed by atoms with Crippen LogP contribution in [0.15, 0.2) is 60.8 Å². The number of aromatic nitrogens is 1. The van der Waals surface area contributed by atoms with Crippen molar-refractivity contribution < 1.29 is 9.18 Å². The minimum Gasteiger partial charge on any atom is -0.368 e. The Kier molecular flexibility index (Phi) is 4.06. The van der Waals surface area contributed by atoms with Gasteiger partial charge < -0.3 is 9.80 Å². The van der Waals surface area contributed by atoms with Crippen LogP contribution in [-0.2, 0) is 0 Å². The fourth-order valence-corrected chi connectivity index (χ4v) is 3.27. The largest absolute Gasteiger partial charge is 0.368 e. The Morgan fingerprint density at radius 2 is 1.64 bits per heavy atom. The molecule has 2 aromatic carbocycles. The number of amides is 1. The zero-order chi connectivity index (χ0) is 17.2. The maximum absolute atomic E-state index is 13.1. The molecule has 0 atom stereocenters. The molecule has 0 unspecified atom stereocenters. The normalized spacial score (nSPS) is 14.8. The highest BCUT2D eigenvalue weighted by Crippen LogP contribution is 2.21. The topological polar surface area (TPSA) is 36.4 Å². The highest BCUT2D eigenvalue weighted by Gasteiger charge is 2.23. The van der Waals surface area contributed by atoms with E-state index in [1.54, 1.807) is 18.3 Å². The van der Waals surface area contributed by atoms with Crippen LogP contribution in [0.5, 0.6) is 0 Å². The summed E-state index contributed by atoms with van der Waals surface area (Å²) in [5.41, 5.74) is 2.38. The third-order valence-corrected chi connectivity index (χ3v) is 4.62. The molecule has 0 radical (unpaired) electrons. The minimum atomic E-state index is -0.235. The number of nitrogens with zero attached hydrogens (tertiary/aromatic N) is 3. The number of pyridine rings is 1. The lowest BCUT2D eigenvalue weighted by Crippen LogP contribution is -2.48. The lowest BCUT2D eigenvalue weighted by atomic mass is 10.1. The highest BCUT2D eigenvalue weighted by atomic mass is 19.1. The molecule has 25 heavy (non-hydrogen) atoms. The number of hydrogen-bond donors (Lipinski definition) is 0.